The number of aromatic nitrogens is 2. The summed E-state index contributed by atoms with van der Waals surface area (Å²) in [7, 11) is 0. The molecule has 1 aromatic heterocycles. The summed E-state index contributed by atoms with van der Waals surface area (Å²) in [5.74, 6) is -0.00694. The lowest BCUT2D eigenvalue weighted by molar-refractivity contribution is -0.389. The molecular formula is C25H23N5O4. The number of hydrazone groups is 1. The SMILES string of the molecule is CC(=NNC(=O)Cn1nc([N+](=O)[O-])cc1C)c1ccc(OCc2cccc3ccccc23)cc1. The monoisotopic (exact) mass is 457 g/mol. The Morgan fingerprint density at radius 3 is 2.59 bits per heavy atom. The largest absolute Gasteiger partial charge is 0.489 e. The minimum absolute atomic E-state index is 0.169. The van der Waals surface area contributed by atoms with Crippen molar-refractivity contribution >= 4 is 28.2 Å². The van der Waals surface area contributed by atoms with Gasteiger partial charge in [-0.1, -0.05) is 42.5 Å². The molecule has 0 aliphatic heterocycles. The Morgan fingerprint density at radius 1 is 1.12 bits per heavy atom. The molecule has 4 aromatic rings. The summed E-state index contributed by atoms with van der Waals surface area (Å²) < 4.78 is 7.23. The number of hydrogen-bond acceptors (Lipinski definition) is 6. The molecule has 4 rings (SSSR count). The average Bonchev–Trinajstić information content (AvgIpc) is 3.21. The molecule has 1 N–H and O–H groups in total. The minimum Gasteiger partial charge on any atom is -0.489 e. The molecule has 0 aliphatic rings. The highest BCUT2D eigenvalue weighted by molar-refractivity contribution is 5.99. The smallest absolute Gasteiger partial charge is 0.390 e. The van der Waals surface area contributed by atoms with Crippen LogP contribution in [0.3, 0.4) is 0 Å². The molecule has 1 amide bonds. The van der Waals surface area contributed by atoms with Gasteiger partial charge in [0.15, 0.2) is 0 Å². The molecule has 172 valence electrons. The van der Waals surface area contributed by atoms with Gasteiger partial charge in [-0.05, 0) is 64.9 Å². The van der Waals surface area contributed by atoms with Crippen molar-refractivity contribution in [2.24, 2.45) is 5.10 Å². The van der Waals surface area contributed by atoms with Crippen LogP contribution in [0.4, 0.5) is 5.82 Å². The predicted octanol–water partition coefficient (Wildman–Crippen LogP) is 4.37. The lowest BCUT2D eigenvalue weighted by atomic mass is 10.1. The fourth-order valence-electron chi connectivity index (χ4n) is 3.50. The third-order valence-corrected chi connectivity index (χ3v) is 5.34. The minimum atomic E-state index is -0.598. The molecule has 3 aromatic carbocycles. The van der Waals surface area contributed by atoms with Gasteiger partial charge >= 0.3 is 5.82 Å². The van der Waals surface area contributed by atoms with Crippen molar-refractivity contribution in [2.45, 2.75) is 27.0 Å². The normalized spacial score (nSPS) is 11.4. The van der Waals surface area contributed by atoms with Crippen molar-refractivity contribution in [3.05, 3.63) is 99.7 Å². The van der Waals surface area contributed by atoms with Crippen LogP contribution in [-0.2, 0) is 17.9 Å². The Balaban J connectivity index is 1.34. The Morgan fingerprint density at radius 2 is 1.85 bits per heavy atom. The molecule has 0 aliphatic carbocycles. The van der Waals surface area contributed by atoms with E-state index in [1.54, 1.807) is 13.8 Å². The summed E-state index contributed by atoms with van der Waals surface area (Å²) in [6.45, 7) is 3.70. The number of nitro groups is 1. The van der Waals surface area contributed by atoms with E-state index < -0.39 is 10.8 Å². The molecule has 0 unspecified atom stereocenters. The van der Waals surface area contributed by atoms with Crippen molar-refractivity contribution in [1.29, 1.82) is 0 Å². The third-order valence-electron chi connectivity index (χ3n) is 5.34. The Labute approximate surface area is 195 Å². The first-order valence-corrected chi connectivity index (χ1v) is 10.6. The predicted molar refractivity (Wildman–Crippen MR) is 129 cm³/mol. The van der Waals surface area contributed by atoms with E-state index >= 15 is 0 Å². The first-order valence-electron chi connectivity index (χ1n) is 10.6. The number of rotatable bonds is 8. The highest BCUT2D eigenvalue weighted by Gasteiger charge is 2.17. The third kappa shape index (κ3) is 5.26. The molecule has 9 heteroatoms. The first-order chi connectivity index (χ1) is 16.4. The van der Waals surface area contributed by atoms with E-state index in [1.165, 1.54) is 21.5 Å². The Hall–Kier alpha value is -4.53. The van der Waals surface area contributed by atoms with E-state index in [9.17, 15) is 14.9 Å². The highest BCUT2D eigenvalue weighted by Crippen LogP contribution is 2.21. The van der Waals surface area contributed by atoms with E-state index in [0.29, 0.717) is 18.0 Å². The molecule has 0 spiro atoms. The topological polar surface area (TPSA) is 112 Å². The summed E-state index contributed by atoms with van der Waals surface area (Å²) >= 11 is 0. The zero-order chi connectivity index (χ0) is 24.1. The van der Waals surface area contributed by atoms with Crippen LogP contribution < -0.4 is 10.2 Å². The zero-order valence-electron chi connectivity index (χ0n) is 18.8. The van der Waals surface area contributed by atoms with E-state index in [1.807, 2.05) is 42.5 Å². The first kappa shape index (κ1) is 22.7. The van der Waals surface area contributed by atoms with Crippen LogP contribution in [0.15, 0.2) is 77.9 Å². The summed E-state index contributed by atoms with van der Waals surface area (Å²) in [4.78, 5) is 22.4. The summed E-state index contributed by atoms with van der Waals surface area (Å²) in [6.07, 6.45) is 0. The number of fused-ring (bicyclic) bond motifs is 1. The van der Waals surface area contributed by atoms with Gasteiger partial charge in [0.25, 0.3) is 5.91 Å². The molecule has 0 radical (unpaired) electrons. The van der Waals surface area contributed by atoms with Crippen molar-refractivity contribution in [1.82, 2.24) is 15.2 Å². The maximum Gasteiger partial charge on any atom is 0.390 e. The van der Waals surface area contributed by atoms with Gasteiger partial charge in [-0.25, -0.2) is 5.43 Å². The quantitative estimate of drug-likeness (QED) is 0.240. The van der Waals surface area contributed by atoms with Crippen LogP contribution in [-0.4, -0.2) is 26.3 Å². The standard InChI is InChI=1S/C25H23N5O4/c1-17-14-24(30(32)33)28-29(17)15-25(31)27-26-18(2)19-10-12-22(13-11-19)34-16-21-8-5-7-20-6-3-4-9-23(20)21/h3-14H,15-16H2,1-2H3,(H,27,31). The van der Waals surface area contributed by atoms with Crippen LogP contribution in [0.2, 0.25) is 0 Å². The van der Waals surface area contributed by atoms with Crippen LogP contribution in [0.1, 0.15) is 23.7 Å². The van der Waals surface area contributed by atoms with Gasteiger partial charge in [-0.3, -0.25) is 4.79 Å². The van der Waals surface area contributed by atoms with Gasteiger partial charge in [0.05, 0.1) is 22.6 Å². The van der Waals surface area contributed by atoms with Gasteiger partial charge in [-0.15, -0.1) is 0 Å². The summed E-state index contributed by atoms with van der Waals surface area (Å²) in [5, 5.41) is 21.1. The number of nitrogens with zero attached hydrogens (tertiary/aromatic N) is 4. The van der Waals surface area contributed by atoms with E-state index in [-0.39, 0.29) is 12.4 Å². The van der Waals surface area contributed by atoms with Gasteiger partial charge in [0, 0.05) is 0 Å². The molecule has 9 nitrogen and oxygen atoms in total. The van der Waals surface area contributed by atoms with Crippen LogP contribution in [0.5, 0.6) is 5.75 Å². The number of carbonyl (C=O) groups is 1. The van der Waals surface area contributed by atoms with Gasteiger partial charge in [0.1, 0.15) is 18.9 Å². The van der Waals surface area contributed by atoms with E-state index in [0.717, 1.165) is 16.9 Å². The Kier molecular flexibility index (Phi) is 6.63. The van der Waals surface area contributed by atoms with Crippen LogP contribution >= 0.6 is 0 Å². The number of carbonyl (C=O) groups excluding carboxylic acids is 1. The molecule has 0 atom stereocenters. The fourth-order valence-corrected chi connectivity index (χ4v) is 3.50. The van der Waals surface area contributed by atoms with Crippen molar-refractivity contribution in [3.63, 3.8) is 0 Å². The second-order valence-corrected chi connectivity index (χ2v) is 7.74. The molecular weight excluding hydrogens is 434 g/mol. The van der Waals surface area contributed by atoms with Gasteiger partial charge in [-0.2, -0.15) is 9.78 Å². The number of aryl methyl sites for hydroxylation is 1. The fraction of sp³-hybridized carbons (Fsp3) is 0.160. The molecule has 0 saturated heterocycles. The lowest BCUT2D eigenvalue weighted by Gasteiger charge is -2.10. The average molecular weight is 457 g/mol. The second-order valence-electron chi connectivity index (χ2n) is 7.74. The van der Waals surface area contributed by atoms with Crippen LogP contribution in [0, 0.1) is 17.0 Å². The van der Waals surface area contributed by atoms with Crippen molar-refractivity contribution in [2.75, 3.05) is 0 Å². The van der Waals surface area contributed by atoms with E-state index in [2.05, 4.69) is 39.9 Å². The van der Waals surface area contributed by atoms with Gasteiger partial charge in [0.2, 0.25) is 0 Å². The number of ether oxygens (including phenoxy) is 1. The summed E-state index contributed by atoms with van der Waals surface area (Å²) in [5.41, 5.74) is 5.52. The summed E-state index contributed by atoms with van der Waals surface area (Å²) in [6, 6.07) is 23.1. The Bertz CT molecular complexity index is 1370. The van der Waals surface area contributed by atoms with E-state index in [4.69, 9.17) is 4.74 Å². The second kappa shape index (κ2) is 9.95. The highest BCUT2D eigenvalue weighted by atomic mass is 16.6. The number of nitrogens with one attached hydrogen (secondary N) is 1. The van der Waals surface area contributed by atoms with Crippen LogP contribution in [0.25, 0.3) is 10.8 Å². The number of benzene rings is 3. The zero-order valence-corrected chi connectivity index (χ0v) is 18.8. The maximum atomic E-state index is 12.2. The van der Waals surface area contributed by atoms with Gasteiger partial charge < -0.3 is 14.9 Å². The van der Waals surface area contributed by atoms with Crippen molar-refractivity contribution < 1.29 is 14.5 Å². The van der Waals surface area contributed by atoms with Crippen molar-refractivity contribution in [3.8, 4) is 5.75 Å². The molecule has 0 bridgehead atoms. The maximum absolute atomic E-state index is 12.2. The molecule has 0 fully saturated rings. The molecule has 1 heterocycles. The molecule has 34 heavy (non-hydrogen) atoms. The molecule has 0 saturated carbocycles. The number of amides is 1. The number of hydrogen-bond donors (Lipinski definition) is 1. The lowest BCUT2D eigenvalue weighted by Crippen LogP contribution is -2.25.